The van der Waals surface area contributed by atoms with Crippen LogP contribution in [-0.4, -0.2) is 25.8 Å². The molecule has 2 aromatic heterocycles. The fourth-order valence-electron chi connectivity index (χ4n) is 1.75. The largest absolute Gasteiger partial charge is 0.328 e. The molecule has 0 saturated heterocycles. The van der Waals surface area contributed by atoms with E-state index in [1.54, 1.807) is 23.0 Å². The van der Waals surface area contributed by atoms with Crippen molar-refractivity contribution in [1.82, 2.24) is 25.1 Å². The number of halogens is 1. The first-order valence-electron chi connectivity index (χ1n) is 6.17. The maximum atomic E-state index is 11.9. The van der Waals surface area contributed by atoms with Crippen molar-refractivity contribution < 1.29 is 4.79 Å². The van der Waals surface area contributed by atoms with E-state index in [1.807, 2.05) is 13.8 Å². The van der Waals surface area contributed by atoms with Crippen LogP contribution in [0.2, 0.25) is 5.15 Å². The number of aryl methyl sites for hydroxylation is 1. The Bertz CT molecular complexity index is 599. The van der Waals surface area contributed by atoms with Crippen LogP contribution in [-0.2, 0) is 6.54 Å². The van der Waals surface area contributed by atoms with Crippen molar-refractivity contribution in [1.29, 1.82) is 0 Å². The van der Waals surface area contributed by atoms with Crippen molar-refractivity contribution in [3.8, 4) is 0 Å². The standard InChI is InChI=1S/C12H15ClN6O/c1-3-19-11(15-7-16-19)8(2)17-12(20)18-9-5-4-6-14-10(9)13/h4-8H,3H2,1-2H3,(H2,17,18,20)/t8-/m1/s1. The summed E-state index contributed by atoms with van der Waals surface area (Å²) in [7, 11) is 0. The zero-order valence-electron chi connectivity index (χ0n) is 11.2. The second-order valence-corrected chi connectivity index (χ2v) is 4.45. The van der Waals surface area contributed by atoms with Crippen molar-refractivity contribution in [2.75, 3.05) is 5.32 Å². The number of amides is 2. The molecule has 0 aliphatic carbocycles. The van der Waals surface area contributed by atoms with E-state index >= 15 is 0 Å². The Morgan fingerprint density at radius 1 is 1.50 bits per heavy atom. The predicted molar refractivity (Wildman–Crippen MR) is 75.5 cm³/mol. The highest BCUT2D eigenvalue weighted by atomic mass is 35.5. The van der Waals surface area contributed by atoms with E-state index in [0.29, 0.717) is 18.1 Å². The Balaban J connectivity index is 2.00. The predicted octanol–water partition coefficient (Wildman–Crippen LogP) is 2.23. The highest BCUT2D eigenvalue weighted by molar-refractivity contribution is 6.32. The number of rotatable bonds is 4. The number of aromatic nitrogens is 4. The van der Waals surface area contributed by atoms with E-state index in [-0.39, 0.29) is 17.2 Å². The first-order chi connectivity index (χ1) is 9.61. The Morgan fingerprint density at radius 3 is 3.00 bits per heavy atom. The zero-order valence-corrected chi connectivity index (χ0v) is 11.9. The Kier molecular flexibility index (Phi) is 4.52. The minimum absolute atomic E-state index is 0.243. The molecule has 0 aromatic carbocycles. The van der Waals surface area contributed by atoms with Gasteiger partial charge in [-0.3, -0.25) is 0 Å². The van der Waals surface area contributed by atoms with Crippen LogP contribution in [0.4, 0.5) is 10.5 Å². The van der Waals surface area contributed by atoms with Gasteiger partial charge in [0.25, 0.3) is 0 Å². The van der Waals surface area contributed by atoms with Gasteiger partial charge < -0.3 is 10.6 Å². The SMILES string of the molecule is CCn1ncnc1[C@@H](C)NC(=O)Nc1cccnc1Cl. The van der Waals surface area contributed by atoms with Crippen LogP contribution >= 0.6 is 11.6 Å². The third-order valence-electron chi connectivity index (χ3n) is 2.69. The molecule has 1 atom stereocenters. The summed E-state index contributed by atoms with van der Waals surface area (Å²) < 4.78 is 1.72. The lowest BCUT2D eigenvalue weighted by Crippen LogP contribution is -2.32. The van der Waals surface area contributed by atoms with Crippen molar-refractivity contribution >= 4 is 23.3 Å². The number of hydrogen-bond donors (Lipinski definition) is 2. The van der Waals surface area contributed by atoms with Gasteiger partial charge in [0.05, 0.1) is 11.7 Å². The van der Waals surface area contributed by atoms with Gasteiger partial charge in [-0.15, -0.1) is 0 Å². The number of nitrogens with zero attached hydrogens (tertiary/aromatic N) is 4. The molecule has 2 rings (SSSR count). The van der Waals surface area contributed by atoms with Gasteiger partial charge in [-0.1, -0.05) is 11.6 Å². The van der Waals surface area contributed by atoms with Crippen LogP contribution in [0, 0.1) is 0 Å². The molecule has 2 N–H and O–H groups in total. The monoisotopic (exact) mass is 294 g/mol. The molecule has 2 heterocycles. The number of hydrogen-bond acceptors (Lipinski definition) is 4. The van der Waals surface area contributed by atoms with Crippen molar-refractivity contribution in [3.63, 3.8) is 0 Å². The number of urea groups is 1. The number of carbonyl (C=O) groups excluding carboxylic acids is 1. The van der Waals surface area contributed by atoms with Gasteiger partial charge in [-0.05, 0) is 26.0 Å². The van der Waals surface area contributed by atoms with Crippen LogP contribution in [0.25, 0.3) is 0 Å². The van der Waals surface area contributed by atoms with Gasteiger partial charge in [0.15, 0.2) is 5.15 Å². The van der Waals surface area contributed by atoms with E-state index in [9.17, 15) is 4.79 Å². The molecule has 0 aliphatic heterocycles. The van der Waals surface area contributed by atoms with Crippen LogP contribution in [0.1, 0.15) is 25.7 Å². The molecule has 8 heteroatoms. The van der Waals surface area contributed by atoms with E-state index < -0.39 is 0 Å². The molecule has 0 saturated carbocycles. The number of anilines is 1. The normalized spacial score (nSPS) is 11.9. The summed E-state index contributed by atoms with van der Waals surface area (Å²) >= 11 is 5.87. The Labute approximate surface area is 121 Å². The molecule has 0 fully saturated rings. The van der Waals surface area contributed by atoms with Gasteiger partial charge in [-0.2, -0.15) is 5.10 Å². The highest BCUT2D eigenvalue weighted by Crippen LogP contribution is 2.17. The third-order valence-corrected chi connectivity index (χ3v) is 2.99. The molecule has 7 nitrogen and oxygen atoms in total. The molecule has 0 aliphatic rings. The minimum atomic E-state index is -0.377. The fourth-order valence-corrected chi connectivity index (χ4v) is 1.92. The first kappa shape index (κ1) is 14.3. The Morgan fingerprint density at radius 2 is 2.30 bits per heavy atom. The quantitative estimate of drug-likeness (QED) is 0.847. The van der Waals surface area contributed by atoms with E-state index in [2.05, 4.69) is 25.7 Å². The summed E-state index contributed by atoms with van der Waals surface area (Å²) in [5.41, 5.74) is 0.454. The summed E-state index contributed by atoms with van der Waals surface area (Å²) in [6, 6.07) is 2.72. The molecular weight excluding hydrogens is 280 g/mol. The highest BCUT2D eigenvalue weighted by Gasteiger charge is 2.15. The van der Waals surface area contributed by atoms with Crippen LogP contribution in [0.5, 0.6) is 0 Å². The first-order valence-corrected chi connectivity index (χ1v) is 6.55. The van der Waals surface area contributed by atoms with Crippen molar-refractivity contribution in [2.24, 2.45) is 0 Å². The van der Waals surface area contributed by atoms with Gasteiger partial charge in [0.1, 0.15) is 12.2 Å². The topological polar surface area (TPSA) is 84.7 Å². The molecule has 2 amide bonds. The van der Waals surface area contributed by atoms with Gasteiger partial charge >= 0.3 is 6.03 Å². The van der Waals surface area contributed by atoms with E-state index in [1.165, 1.54) is 6.33 Å². The molecule has 0 unspecified atom stereocenters. The van der Waals surface area contributed by atoms with Crippen molar-refractivity contribution in [2.45, 2.75) is 26.4 Å². The second kappa shape index (κ2) is 6.33. The lowest BCUT2D eigenvalue weighted by atomic mass is 10.3. The Hall–Kier alpha value is -2.15. The third kappa shape index (κ3) is 3.24. The maximum absolute atomic E-state index is 11.9. The summed E-state index contributed by atoms with van der Waals surface area (Å²) in [6.07, 6.45) is 3.02. The summed E-state index contributed by atoms with van der Waals surface area (Å²) in [5, 5.41) is 9.72. The van der Waals surface area contributed by atoms with Gasteiger partial charge in [0, 0.05) is 12.7 Å². The molecule has 0 radical (unpaired) electrons. The fraction of sp³-hybridized carbons (Fsp3) is 0.333. The lowest BCUT2D eigenvalue weighted by Gasteiger charge is -2.14. The second-order valence-electron chi connectivity index (χ2n) is 4.10. The lowest BCUT2D eigenvalue weighted by molar-refractivity contribution is 0.248. The number of nitrogens with one attached hydrogen (secondary N) is 2. The van der Waals surface area contributed by atoms with Crippen LogP contribution in [0.3, 0.4) is 0 Å². The smallest absolute Gasteiger partial charge is 0.319 e. The average Bonchev–Trinajstić information content (AvgIpc) is 2.89. The minimum Gasteiger partial charge on any atom is -0.328 e. The number of pyridine rings is 1. The molecule has 106 valence electrons. The summed E-state index contributed by atoms with van der Waals surface area (Å²) in [4.78, 5) is 19.9. The molecule has 2 aromatic rings. The summed E-state index contributed by atoms with van der Waals surface area (Å²) in [6.45, 7) is 4.48. The summed E-state index contributed by atoms with van der Waals surface area (Å²) in [5.74, 6) is 0.694. The van der Waals surface area contributed by atoms with Gasteiger partial charge in [0.2, 0.25) is 0 Å². The zero-order chi connectivity index (χ0) is 14.5. The maximum Gasteiger partial charge on any atom is 0.319 e. The van der Waals surface area contributed by atoms with E-state index in [4.69, 9.17) is 11.6 Å². The number of carbonyl (C=O) groups is 1. The van der Waals surface area contributed by atoms with Gasteiger partial charge in [-0.25, -0.2) is 19.4 Å². The van der Waals surface area contributed by atoms with E-state index in [0.717, 1.165) is 0 Å². The molecular formula is C12H15ClN6O. The molecule has 0 bridgehead atoms. The molecule has 20 heavy (non-hydrogen) atoms. The van der Waals surface area contributed by atoms with Crippen LogP contribution < -0.4 is 10.6 Å². The molecule has 0 spiro atoms. The average molecular weight is 295 g/mol. The van der Waals surface area contributed by atoms with Crippen molar-refractivity contribution in [3.05, 3.63) is 35.6 Å². The van der Waals surface area contributed by atoms with Crippen LogP contribution in [0.15, 0.2) is 24.7 Å².